The number of phenolic OH excluding ortho intramolecular Hbond substituents is 1. The van der Waals surface area contributed by atoms with E-state index in [4.69, 9.17) is 9.15 Å². The molecule has 0 unspecified atom stereocenters. The van der Waals surface area contributed by atoms with Gasteiger partial charge in [0, 0.05) is 24.5 Å². The lowest BCUT2D eigenvalue weighted by molar-refractivity contribution is 0.0202. The van der Waals surface area contributed by atoms with Gasteiger partial charge in [0.15, 0.2) is 0 Å². The maximum Gasteiger partial charge on any atom is 0.344 e. The van der Waals surface area contributed by atoms with Crippen molar-refractivity contribution >= 4 is 16.5 Å². The number of likely N-dealkylation sites (tertiary alicyclic amines) is 1. The van der Waals surface area contributed by atoms with Gasteiger partial charge in [-0.05, 0) is 73.7 Å². The highest BCUT2D eigenvalue weighted by Gasteiger charge is 2.27. The van der Waals surface area contributed by atoms with Gasteiger partial charge in [-0.1, -0.05) is 44.2 Å². The number of aromatic hydroxyl groups is 1. The van der Waals surface area contributed by atoms with E-state index < -0.39 is 5.63 Å². The molecule has 34 heavy (non-hydrogen) atoms. The number of rotatable bonds is 9. The molecule has 3 aromatic rings. The molecule has 0 saturated carbocycles. The minimum absolute atomic E-state index is 0.0708. The van der Waals surface area contributed by atoms with Crippen molar-refractivity contribution in [1.82, 2.24) is 4.90 Å². The summed E-state index contributed by atoms with van der Waals surface area (Å²) in [6.45, 7) is 9.27. The van der Waals surface area contributed by atoms with Gasteiger partial charge < -0.3 is 14.3 Å². The molecule has 4 rings (SSSR count). The maximum absolute atomic E-state index is 13.1. The molecular formula is C29H33NO4. The van der Waals surface area contributed by atoms with Crippen LogP contribution in [0.1, 0.15) is 50.3 Å². The highest BCUT2D eigenvalue weighted by Crippen LogP contribution is 2.30. The van der Waals surface area contributed by atoms with Gasteiger partial charge in [-0.2, -0.15) is 0 Å². The van der Waals surface area contributed by atoms with E-state index in [0.717, 1.165) is 53.9 Å². The average Bonchev–Trinajstić information content (AvgIpc) is 2.80. The van der Waals surface area contributed by atoms with Crippen LogP contribution in [0.5, 0.6) is 11.5 Å². The summed E-state index contributed by atoms with van der Waals surface area (Å²) in [6, 6.07) is 13.1. The number of nitrogens with zero attached hydrogens (tertiary/aromatic N) is 1. The first kappa shape index (κ1) is 23.8. The molecule has 1 aliphatic rings. The predicted molar refractivity (Wildman–Crippen MR) is 138 cm³/mol. The summed E-state index contributed by atoms with van der Waals surface area (Å²) in [6.07, 6.45) is 8.80. The summed E-state index contributed by atoms with van der Waals surface area (Å²) >= 11 is 0. The van der Waals surface area contributed by atoms with E-state index in [2.05, 4.69) is 30.9 Å². The molecule has 0 atom stereocenters. The van der Waals surface area contributed by atoms with Crippen molar-refractivity contribution in [2.24, 2.45) is 0 Å². The number of hydrogen-bond acceptors (Lipinski definition) is 5. The second-order valence-corrected chi connectivity index (χ2v) is 8.80. The Bertz CT molecular complexity index is 1250. The zero-order valence-corrected chi connectivity index (χ0v) is 20.2. The van der Waals surface area contributed by atoms with Crippen LogP contribution in [0.25, 0.3) is 16.5 Å². The summed E-state index contributed by atoms with van der Waals surface area (Å²) in [5, 5.41) is 10.7. The van der Waals surface area contributed by atoms with E-state index >= 15 is 0 Å². The number of hydrogen-bond donors (Lipinski definition) is 1. The molecule has 2 aromatic carbocycles. The van der Waals surface area contributed by atoms with E-state index in [-0.39, 0.29) is 11.9 Å². The van der Waals surface area contributed by atoms with Crippen LogP contribution in [-0.2, 0) is 6.42 Å². The Hall–Kier alpha value is -3.31. The van der Waals surface area contributed by atoms with Crippen molar-refractivity contribution in [1.29, 1.82) is 0 Å². The number of fused-ring (bicyclic) bond motifs is 1. The largest absolute Gasteiger partial charge is 0.508 e. The molecule has 1 fully saturated rings. The third kappa shape index (κ3) is 5.26. The molecule has 0 amide bonds. The van der Waals surface area contributed by atoms with Crippen LogP contribution in [-0.4, -0.2) is 35.7 Å². The quantitative estimate of drug-likeness (QED) is 0.317. The zero-order valence-electron chi connectivity index (χ0n) is 20.2. The Morgan fingerprint density at radius 2 is 1.94 bits per heavy atom. The number of benzene rings is 2. The molecule has 5 heteroatoms. The van der Waals surface area contributed by atoms with Gasteiger partial charge in [0.1, 0.15) is 23.2 Å². The summed E-state index contributed by atoms with van der Waals surface area (Å²) in [4.78, 5) is 15.5. The Balaban J connectivity index is 1.64. The zero-order chi connectivity index (χ0) is 24.1. The number of ether oxygens (including phenoxy) is 1. The molecule has 1 aromatic heterocycles. The van der Waals surface area contributed by atoms with Gasteiger partial charge in [0.05, 0.1) is 5.56 Å². The van der Waals surface area contributed by atoms with Crippen molar-refractivity contribution in [2.75, 3.05) is 19.6 Å². The van der Waals surface area contributed by atoms with E-state index in [1.165, 1.54) is 12.5 Å². The fourth-order valence-electron chi connectivity index (χ4n) is 4.48. The number of allylic oxidation sites excluding steroid dienone is 4. The topological polar surface area (TPSA) is 62.9 Å². The van der Waals surface area contributed by atoms with Gasteiger partial charge >= 0.3 is 5.63 Å². The second-order valence-electron chi connectivity index (χ2n) is 8.80. The van der Waals surface area contributed by atoms with Gasteiger partial charge in [-0.15, -0.1) is 0 Å². The third-order valence-corrected chi connectivity index (χ3v) is 6.20. The standard InChI is InChI=1S/C29H33NO4/c1-4-7-8-21(6-3)28-26(25-14-11-22(31)17-27(25)34-29(28)32)16-20-9-12-23(13-10-20)33-24-18-30(19-24)15-5-2/h6-14,17,24,31H,4-5,15-16,18-19H2,1-3H3/b8-7-,21-6+. The lowest BCUT2D eigenvalue weighted by Gasteiger charge is -2.38. The van der Waals surface area contributed by atoms with Crippen LogP contribution in [0.3, 0.4) is 0 Å². The summed E-state index contributed by atoms with van der Waals surface area (Å²) in [5.41, 5.74) is 3.36. The van der Waals surface area contributed by atoms with Crippen molar-refractivity contribution in [3.63, 3.8) is 0 Å². The first-order chi connectivity index (χ1) is 16.5. The van der Waals surface area contributed by atoms with Crippen LogP contribution >= 0.6 is 0 Å². The third-order valence-electron chi connectivity index (χ3n) is 6.20. The van der Waals surface area contributed by atoms with E-state index in [1.807, 2.05) is 43.4 Å². The first-order valence-corrected chi connectivity index (χ1v) is 12.1. The van der Waals surface area contributed by atoms with Crippen molar-refractivity contribution in [3.8, 4) is 11.5 Å². The lowest BCUT2D eigenvalue weighted by Crippen LogP contribution is -2.53. The van der Waals surface area contributed by atoms with Crippen molar-refractivity contribution in [3.05, 3.63) is 87.8 Å². The smallest absolute Gasteiger partial charge is 0.344 e. The molecule has 2 heterocycles. The summed E-state index contributed by atoms with van der Waals surface area (Å²) in [5.74, 6) is 0.939. The van der Waals surface area contributed by atoms with Crippen molar-refractivity contribution < 1.29 is 14.3 Å². The Kier molecular flexibility index (Phi) is 7.53. The SMILES string of the molecule is C/C=C(\C=C/CC)c1c(Cc2ccc(OC3CN(CCC)C3)cc2)c2ccc(O)cc2oc1=O. The monoisotopic (exact) mass is 459 g/mol. The van der Waals surface area contributed by atoms with Gasteiger partial charge in [0.25, 0.3) is 0 Å². The van der Waals surface area contributed by atoms with Crippen LogP contribution in [0.4, 0.5) is 0 Å². The average molecular weight is 460 g/mol. The second kappa shape index (κ2) is 10.7. The highest BCUT2D eigenvalue weighted by molar-refractivity contribution is 5.88. The fourth-order valence-corrected chi connectivity index (χ4v) is 4.48. The highest BCUT2D eigenvalue weighted by atomic mass is 16.5. The fraction of sp³-hybridized carbons (Fsp3) is 0.345. The Morgan fingerprint density at radius 1 is 1.18 bits per heavy atom. The molecule has 5 nitrogen and oxygen atoms in total. The van der Waals surface area contributed by atoms with Crippen LogP contribution in [0.15, 0.2) is 69.9 Å². The maximum atomic E-state index is 13.1. The Morgan fingerprint density at radius 3 is 2.62 bits per heavy atom. The molecule has 0 aliphatic carbocycles. The van der Waals surface area contributed by atoms with Crippen LogP contribution in [0.2, 0.25) is 0 Å². The summed E-state index contributed by atoms with van der Waals surface area (Å²) < 4.78 is 11.7. The minimum atomic E-state index is -0.400. The molecule has 0 bridgehead atoms. The number of phenols is 1. The van der Waals surface area contributed by atoms with E-state index in [9.17, 15) is 9.90 Å². The summed E-state index contributed by atoms with van der Waals surface area (Å²) in [7, 11) is 0. The normalized spacial score (nSPS) is 15.2. The molecule has 1 aliphatic heterocycles. The van der Waals surface area contributed by atoms with E-state index in [0.29, 0.717) is 17.6 Å². The van der Waals surface area contributed by atoms with Crippen LogP contribution in [0, 0.1) is 0 Å². The minimum Gasteiger partial charge on any atom is -0.508 e. The van der Waals surface area contributed by atoms with E-state index in [1.54, 1.807) is 6.07 Å². The molecular weight excluding hydrogens is 426 g/mol. The molecule has 1 N–H and O–H groups in total. The lowest BCUT2D eigenvalue weighted by atomic mass is 9.92. The predicted octanol–water partition coefficient (Wildman–Crippen LogP) is 5.93. The molecule has 0 radical (unpaired) electrons. The van der Waals surface area contributed by atoms with Gasteiger partial charge in [-0.25, -0.2) is 4.79 Å². The Labute approximate surface area is 201 Å². The van der Waals surface area contributed by atoms with Crippen LogP contribution < -0.4 is 10.4 Å². The van der Waals surface area contributed by atoms with Gasteiger partial charge in [-0.3, -0.25) is 4.90 Å². The first-order valence-electron chi connectivity index (χ1n) is 12.1. The van der Waals surface area contributed by atoms with Crippen molar-refractivity contribution in [2.45, 2.75) is 46.1 Å². The molecule has 1 saturated heterocycles. The molecule has 0 spiro atoms. The van der Waals surface area contributed by atoms with Gasteiger partial charge in [0.2, 0.25) is 0 Å². The molecule has 178 valence electrons.